The predicted molar refractivity (Wildman–Crippen MR) is 118 cm³/mol. The van der Waals surface area contributed by atoms with E-state index < -0.39 is 11.6 Å². The second-order valence-corrected chi connectivity index (χ2v) is 10.4. The molecule has 0 N–H and O–H groups in total. The summed E-state index contributed by atoms with van der Waals surface area (Å²) in [7, 11) is 3.58. The van der Waals surface area contributed by atoms with Crippen molar-refractivity contribution in [3.8, 4) is 11.3 Å². The maximum Gasteiger partial charge on any atom is 0.319 e. The molecule has 5 nitrogen and oxygen atoms in total. The van der Waals surface area contributed by atoms with E-state index in [2.05, 4.69) is 24.0 Å². The average molecular weight is 441 g/mol. The smallest absolute Gasteiger partial charge is 0.319 e. The van der Waals surface area contributed by atoms with E-state index in [1.165, 1.54) is 18.2 Å². The van der Waals surface area contributed by atoms with E-state index >= 15 is 0 Å². The molecule has 0 radical (unpaired) electrons. The van der Waals surface area contributed by atoms with Gasteiger partial charge in [-0.05, 0) is 66.7 Å². The van der Waals surface area contributed by atoms with Gasteiger partial charge in [-0.1, -0.05) is 19.9 Å². The molecule has 2 aromatic rings. The minimum atomic E-state index is -0.624. The number of urea groups is 1. The quantitative estimate of drug-likeness (QED) is 0.663. The second kappa shape index (κ2) is 7.22. The Balaban J connectivity index is 1.58. The lowest BCUT2D eigenvalue weighted by Crippen LogP contribution is -2.53. The van der Waals surface area contributed by atoms with E-state index in [1.807, 2.05) is 11.0 Å². The number of likely N-dealkylation sites (tertiary alicyclic amines) is 1. The summed E-state index contributed by atoms with van der Waals surface area (Å²) in [6, 6.07) is 5.78. The van der Waals surface area contributed by atoms with Crippen molar-refractivity contribution >= 4 is 6.03 Å². The molecule has 1 aromatic carbocycles. The van der Waals surface area contributed by atoms with E-state index in [0.717, 1.165) is 43.5 Å². The van der Waals surface area contributed by atoms with Gasteiger partial charge in [0.25, 0.3) is 0 Å². The van der Waals surface area contributed by atoms with Gasteiger partial charge in [-0.15, -0.1) is 0 Å². The SMILES string of the molecule is CN(C)C(=O)N1CCC[C@H]([C@@]23CC[C@@H](c4cc(-c5c(F)cccc5F)nnc42)C3(C)C)C1. The molecule has 170 valence electrons. The van der Waals surface area contributed by atoms with Crippen LogP contribution in [-0.4, -0.2) is 53.2 Å². The largest absolute Gasteiger partial charge is 0.331 e. The van der Waals surface area contributed by atoms with Crippen molar-refractivity contribution in [2.45, 2.75) is 50.9 Å². The molecule has 2 heterocycles. The van der Waals surface area contributed by atoms with E-state index in [-0.39, 0.29) is 40.0 Å². The number of hydrogen-bond donors (Lipinski definition) is 0. The van der Waals surface area contributed by atoms with Crippen molar-refractivity contribution in [2.75, 3.05) is 27.2 Å². The zero-order valence-corrected chi connectivity index (χ0v) is 19.2. The fraction of sp³-hybridized carbons (Fsp3) is 0.560. The van der Waals surface area contributed by atoms with Gasteiger partial charge in [0.05, 0.1) is 17.0 Å². The van der Waals surface area contributed by atoms with Gasteiger partial charge in [-0.3, -0.25) is 0 Å². The number of rotatable bonds is 2. The van der Waals surface area contributed by atoms with Gasteiger partial charge in [0.15, 0.2) is 0 Å². The van der Waals surface area contributed by atoms with Crippen LogP contribution in [0.2, 0.25) is 0 Å². The fourth-order valence-corrected chi connectivity index (χ4v) is 6.98. The summed E-state index contributed by atoms with van der Waals surface area (Å²) in [5.41, 5.74) is 1.94. The van der Waals surface area contributed by atoms with Gasteiger partial charge in [0, 0.05) is 32.6 Å². The Kier molecular flexibility index (Phi) is 4.80. The highest BCUT2D eigenvalue weighted by atomic mass is 19.1. The molecule has 2 aliphatic carbocycles. The van der Waals surface area contributed by atoms with Gasteiger partial charge in [-0.25, -0.2) is 13.6 Å². The zero-order valence-electron chi connectivity index (χ0n) is 19.2. The van der Waals surface area contributed by atoms with E-state index in [9.17, 15) is 13.6 Å². The van der Waals surface area contributed by atoms with Crippen LogP contribution in [0.15, 0.2) is 24.3 Å². The molecule has 1 aliphatic heterocycles. The Morgan fingerprint density at radius 1 is 1.16 bits per heavy atom. The molecule has 0 spiro atoms. The molecule has 2 amide bonds. The summed E-state index contributed by atoms with van der Waals surface area (Å²) < 4.78 is 28.9. The Morgan fingerprint density at radius 2 is 1.88 bits per heavy atom. The third-order valence-corrected chi connectivity index (χ3v) is 8.46. The van der Waals surface area contributed by atoms with Crippen LogP contribution >= 0.6 is 0 Å². The van der Waals surface area contributed by atoms with Crippen LogP contribution in [0.25, 0.3) is 11.3 Å². The minimum Gasteiger partial charge on any atom is -0.331 e. The molecule has 7 heteroatoms. The van der Waals surface area contributed by atoms with E-state index in [1.54, 1.807) is 19.0 Å². The molecule has 3 atom stereocenters. The van der Waals surface area contributed by atoms with Crippen LogP contribution in [0.3, 0.4) is 0 Å². The van der Waals surface area contributed by atoms with Gasteiger partial charge in [0.1, 0.15) is 11.6 Å². The fourth-order valence-electron chi connectivity index (χ4n) is 6.98. The molecule has 0 unspecified atom stereocenters. The summed E-state index contributed by atoms with van der Waals surface area (Å²) in [6.45, 7) is 6.07. The molecule has 1 saturated heterocycles. The van der Waals surface area contributed by atoms with Gasteiger partial charge in [-0.2, -0.15) is 10.2 Å². The highest BCUT2D eigenvalue weighted by molar-refractivity contribution is 5.74. The number of fused-ring (bicyclic) bond motifs is 5. The lowest BCUT2D eigenvalue weighted by Gasteiger charge is -2.48. The predicted octanol–water partition coefficient (Wildman–Crippen LogP) is 4.97. The topological polar surface area (TPSA) is 49.3 Å². The number of halogens is 2. The molecule has 1 saturated carbocycles. The first-order chi connectivity index (χ1) is 15.2. The van der Waals surface area contributed by atoms with Crippen LogP contribution in [-0.2, 0) is 5.41 Å². The summed E-state index contributed by atoms with van der Waals surface area (Å²) in [4.78, 5) is 16.3. The highest BCUT2D eigenvalue weighted by Crippen LogP contribution is 2.70. The van der Waals surface area contributed by atoms with Crippen LogP contribution in [0.5, 0.6) is 0 Å². The minimum absolute atomic E-state index is 0.0492. The average Bonchev–Trinajstić information content (AvgIpc) is 3.14. The first kappa shape index (κ1) is 21.3. The third kappa shape index (κ3) is 2.75. The lowest BCUT2D eigenvalue weighted by molar-refractivity contribution is 0.0622. The van der Waals surface area contributed by atoms with Crippen molar-refractivity contribution in [2.24, 2.45) is 11.3 Å². The number of benzene rings is 1. The molecule has 3 aliphatic rings. The Morgan fingerprint density at radius 3 is 2.56 bits per heavy atom. The number of piperidine rings is 1. The normalized spacial score (nSPS) is 28.0. The Hall–Kier alpha value is -2.57. The maximum absolute atomic E-state index is 14.4. The first-order valence-corrected chi connectivity index (χ1v) is 11.5. The molecule has 1 aromatic heterocycles. The standard InChI is InChI=1S/C25H30F2N4O/c1-24(2)17-10-11-25(24,15-7-6-12-31(14-15)23(32)30(3)4)22-16(17)13-20(28-29-22)21-18(26)8-5-9-19(21)27/h5,8-9,13,15,17H,6-7,10-12,14H2,1-4H3/t15-,17-,25-/m0/s1. The van der Waals surface area contributed by atoms with Crippen molar-refractivity contribution in [1.29, 1.82) is 0 Å². The Labute approximate surface area is 187 Å². The lowest BCUT2D eigenvalue weighted by atomic mass is 9.59. The van der Waals surface area contributed by atoms with Crippen molar-refractivity contribution in [1.82, 2.24) is 20.0 Å². The number of nitrogens with zero attached hydrogens (tertiary/aromatic N) is 4. The highest BCUT2D eigenvalue weighted by Gasteiger charge is 2.66. The van der Waals surface area contributed by atoms with Crippen molar-refractivity contribution in [3.05, 3.63) is 47.2 Å². The molecule has 32 heavy (non-hydrogen) atoms. The third-order valence-electron chi connectivity index (χ3n) is 8.46. The molecular formula is C25H30F2N4O. The number of amides is 2. The van der Waals surface area contributed by atoms with Crippen LogP contribution < -0.4 is 0 Å². The first-order valence-electron chi connectivity index (χ1n) is 11.5. The monoisotopic (exact) mass is 440 g/mol. The Bertz CT molecular complexity index is 1070. The summed E-state index contributed by atoms with van der Waals surface area (Å²) >= 11 is 0. The summed E-state index contributed by atoms with van der Waals surface area (Å²) in [5.74, 6) is -0.698. The van der Waals surface area contributed by atoms with Crippen molar-refractivity contribution in [3.63, 3.8) is 0 Å². The van der Waals surface area contributed by atoms with Crippen LogP contribution in [0, 0.1) is 23.0 Å². The van der Waals surface area contributed by atoms with Crippen LogP contribution in [0.1, 0.15) is 56.7 Å². The van der Waals surface area contributed by atoms with Gasteiger partial charge in [0.2, 0.25) is 0 Å². The maximum atomic E-state index is 14.4. The van der Waals surface area contributed by atoms with Gasteiger partial charge < -0.3 is 9.80 Å². The molecule has 2 bridgehead atoms. The summed E-state index contributed by atoms with van der Waals surface area (Å²) in [5, 5.41) is 8.98. The van der Waals surface area contributed by atoms with E-state index in [0.29, 0.717) is 6.54 Å². The molecule has 5 rings (SSSR count). The molecular weight excluding hydrogens is 410 g/mol. The number of carbonyl (C=O) groups is 1. The van der Waals surface area contributed by atoms with Crippen molar-refractivity contribution < 1.29 is 13.6 Å². The molecule has 2 fully saturated rings. The number of carbonyl (C=O) groups excluding carboxylic acids is 1. The number of aromatic nitrogens is 2. The summed E-state index contributed by atoms with van der Waals surface area (Å²) in [6.07, 6.45) is 4.03. The second-order valence-electron chi connectivity index (χ2n) is 10.4. The zero-order chi connectivity index (χ0) is 22.8. The van der Waals surface area contributed by atoms with Crippen LogP contribution in [0.4, 0.5) is 13.6 Å². The van der Waals surface area contributed by atoms with E-state index in [4.69, 9.17) is 0 Å². The van der Waals surface area contributed by atoms with Gasteiger partial charge >= 0.3 is 6.03 Å². The number of hydrogen-bond acceptors (Lipinski definition) is 3.